The molecule has 0 aliphatic carbocycles. The van der Waals surface area contributed by atoms with Crippen LogP contribution < -0.4 is 5.73 Å². The first kappa shape index (κ1) is 13.0. The molecule has 0 bridgehead atoms. The highest BCUT2D eigenvalue weighted by atomic mass is 79.9. The number of halogens is 2. The molecule has 0 saturated heterocycles. The Morgan fingerprint density at radius 1 is 1.40 bits per heavy atom. The summed E-state index contributed by atoms with van der Waals surface area (Å²) in [5.74, 6) is 0.166. The molecule has 0 saturated carbocycles. The fourth-order valence-electron chi connectivity index (χ4n) is 1.70. The Kier molecular flexibility index (Phi) is 3.81. The molecule has 15 heavy (non-hydrogen) atoms. The van der Waals surface area contributed by atoms with Crippen LogP contribution in [0.4, 0.5) is 0 Å². The first-order valence-electron chi connectivity index (χ1n) is 4.22. The van der Waals surface area contributed by atoms with E-state index in [1.165, 1.54) is 0 Å². The molecule has 84 valence electrons. The van der Waals surface area contributed by atoms with Gasteiger partial charge in [-0.1, -0.05) is 22.0 Å². The Labute approximate surface area is 104 Å². The lowest BCUT2D eigenvalue weighted by atomic mass is 10.0. The van der Waals surface area contributed by atoms with E-state index >= 15 is 0 Å². The highest BCUT2D eigenvalue weighted by molar-refractivity contribution is 9.10. The SMILES string of the molecule is Cl.NC1CS(=O)(=O)Cc2ccc(Br)cc21. The van der Waals surface area contributed by atoms with E-state index in [1.54, 1.807) is 0 Å². The first-order valence-corrected chi connectivity index (χ1v) is 6.84. The van der Waals surface area contributed by atoms with Gasteiger partial charge in [-0.2, -0.15) is 0 Å². The minimum atomic E-state index is -3.00. The van der Waals surface area contributed by atoms with Gasteiger partial charge in [-0.25, -0.2) is 8.42 Å². The van der Waals surface area contributed by atoms with E-state index in [9.17, 15) is 8.42 Å². The molecule has 1 aromatic carbocycles. The van der Waals surface area contributed by atoms with Crippen LogP contribution in [0, 0.1) is 0 Å². The molecule has 6 heteroatoms. The summed E-state index contributed by atoms with van der Waals surface area (Å²) < 4.78 is 23.8. The highest BCUT2D eigenvalue weighted by Crippen LogP contribution is 2.28. The first-order chi connectivity index (χ1) is 6.48. The van der Waals surface area contributed by atoms with Gasteiger partial charge in [0.1, 0.15) is 0 Å². The molecule has 1 unspecified atom stereocenters. The number of benzene rings is 1. The second-order valence-corrected chi connectivity index (χ2v) is 6.53. The van der Waals surface area contributed by atoms with Crippen LogP contribution in [-0.2, 0) is 15.6 Å². The van der Waals surface area contributed by atoms with Crippen molar-refractivity contribution in [2.75, 3.05) is 5.75 Å². The third kappa shape index (κ3) is 2.72. The number of hydrogen-bond acceptors (Lipinski definition) is 3. The zero-order chi connectivity index (χ0) is 10.3. The van der Waals surface area contributed by atoms with Crippen LogP contribution in [0.3, 0.4) is 0 Å². The smallest absolute Gasteiger partial charge is 0.156 e. The third-order valence-corrected chi connectivity index (χ3v) is 4.43. The summed E-state index contributed by atoms with van der Waals surface area (Å²) in [4.78, 5) is 0. The van der Waals surface area contributed by atoms with Gasteiger partial charge in [-0.05, 0) is 23.3 Å². The van der Waals surface area contributed by atoms with E-state index in [0.717, 1.165) is 15.6 Å². The Bertz CT molecular complexity index is 475. The lowest BCUT2D eigenvalue weighted by Gasteiger charge is -2.22. The van der Waals surface area contributed by atoms with Crippen molar-refractivity contribution in [3.05, 3.63) is 33.8 Å². The van der Waals surface area contributed by atoms with Gasteiger partial charge < -0.3 is 5.73 Å². The monoisotopic (exact) mass is 311 g/mol. The van der Waals surface area contributed by atoms with Crippen LogP contribution >= 0.6 is 28.3 Å². The number of nitrogens with two attached hydrogens (primary N) is 1. The van der Waals surface area contributed by atoms with Gasteiger partial charge in [0.2, 0.25) is 0 Å². The zero-order valence-electron chi connectivity index (χ0n) is 7.81. The molecule has 1 heterocycles. The quantitative estimate of drug-likeness (QED) is 0.794. The van der Waals surface area contributed by atoms with Crippen molar-refractivity contribution in [3.63, 3.8) is 0 Å². The molecule has 3 nitrogen and oxygen atoms in total. The molecule has 2 rings (SSSR count). The van der Waals surface area contributed by atoms with Crippen LogP contribution in [0.25, 0.3) is 0 Å². The summed E-state index contributed by atoms with van der Waals surface area (Å²) in [5, 5.41) is 0. The summed E-state index contributed by atoms with van der Waals surface area (Å²) in [6.07, 6.45) is 0. The van der Waals surface area contributed by atoms with Crippen molar-refractivity contribution in [2.24, 2.45) is 5.73 Å². The van der Waals surface area contributed by atoms with Gasteiger partial charge in [-0.3, -0.25) is 0 Å². The van der Waals surface area contributed by atoms with E-state index in [2.05, 4.69) is 15.9 Å². The van der Waals surface area contributed by atoms with Crippen molar-refractivity contribution in [2.45, 2.75) is 11.8 Å². The van der Waals surface area contributed by atoms with Crippen LogP contribution in [0.1, 0.15) is 17.2 Å². The number of hydrogen-bond donors (Lipinski definition) is 1. The minimum absolute atomic E-state index is 0. The number of fused-ring (bicyclic) bond motifs is 1. The molecule has 1 aliphatic rings. The number of sulfone groups is 1. The molecular formula is C9H11BrClNO2S. The predicted molar refractivity (Wildman–Crippen MR) is 65.8 cm³/mol. The summed E-state index contributed by atoms with van der Waals surface area (Å²) in [7, 11) is -3.00. The maximum Gasteiger partial charge on any atom is 0.156 e. The topological polar surface area (TPSA) is 60.2 Å². The minimum Gasteiger partial charge on any atom is -0.323 e. The van der Waals surface area contributed by atoms with Gasteiger partial charge in [0, 0.05) is 10.5 Å². The predicted octanol–water partition coefficient (Wildman–Crippen LogP) is 1.80. The lowest BCUT2D eigenvalue weighted by Crippen LogP contribution is -2.28. The fourth-order valence-corrected chi connectivity index (χ4v) is 3.66. The molecule has 1 aliphatic heterocycles. The van der Waals surface area contributed by atoms with Crippen molar-refractivity contribution >= 4 is 38.2 Å². The highest BCUT2D eigenvalue weighted by Gasteiger charge is 2.27. The average Bonchev–Trinajstić information content (AvgIpc) is 2.05. The Hall–Kier alpha value is -0.100. The largest absolute Gasteiger partial charge is 0.323 e. The lowest BCUT2D eigenvalue weighted by molar-refractivity contribution is 0.582. The van der Waals surface area contributed by atoms with Crippen LogP contribution in [0.15, 0.2) is 22.7 Å². The van der Waals surface area contributed by atoms with Crippen molar-refractivity contribution in [3.8, 4) is 0 Å². The van der Waals surface area contributed by atoms with Crippen LogP contribution in [0.5, 0.6) is 0 Å². The molecule has 0 radical (unpaired) electrons. The summed E-state index contributed by atoms with van der Waals surface area (Å²) in [5.41, 5.74) is 7.56. The van der Waals surface area contributed by atoms with Crippen molar-refractivity contribution < 1.29 is 8.42 Å². The molecule has 0 spiro atoms. The standard InChI is InChI=1S/C9H10BrNO2S.ClH/c10-7-2-1-6-4-14(12,13)5-9(11)8(6)3-7;/h1-3,9H,4-5,11H2;1H. The van der Waals surface area contributed by atoms with Gasteiger partial charge in [0.15, 0.2) is 9.84 Å². The molecule has 2 N–H and O–H groups in total. The second kappa shape index (κ2) is 4.41. The van der Waals surface area contributed by atoms with Crippen molar-refractivity contribution in [1.29, 1.82) is 0 Å². The van der Waals surface area contributed by atoms with E-state index in [0.29, 0.717) is 0 Å². The van der Waals surface area contributed by atoms with Crippen LogP contribution in [-0.4, -0.2) is 14.2 Å². The van der Waals surface area contributed by atoms with Gasteiger partial charge in [0.25, 0.3) is 0 Å². The van der Waals surface area contributed by atoms with Gasteiger partial charge >= 0.3 is 0 Å². The molecule has 0 fully saturated rings. The van der Waals surface area contributed by atoms with Gasteiger partial charge in [0.05, 0.1) is 11.5 Å². The molecule has 1 aromatic rings. The van der Waals surface area contributed by atoms with E-state index < -0.39 is 9.84 Å². The molecule has 1 atom stereocenters. The summed E-state index contributed by atoms with van der Waals surface area (Å²) >= 11 is 3.34. The fraction of sp³-hybridized carbons (Fsp3) is 0.333. The normalized spacial score (nSPS) is 22.7. The van der Waals surface area contributed by atoms with E-state index in [-0.39, 0.29) is 30.0 Å². The maximum absolute atomic E-state index is 11.4. The van der Waals surface area contributed by atoms with Crippen LogP contribution in [0.2, 0.25) is 0 Å². The second-order valence-electron chi connectivity index (χ2n) is 3.50. The third-order valence-electron chi connectivity index (χ3n) is 2.32. The Morgan fingerprint density at radius 2 is 2.07 bits per heavy atom. The Morgan fingerprint density at radius 3 is 2.73 bits per heavy atom. The maximum atomic E-state index is 11.4. The average molecular weight is 313 g/mol. The molecule has 0 aromatic heterocycles. The van der Waals surface area contributed by atoms with E-state index in [1.807, 2.05) is 18.2 Å². The summed E-state index contributed by atoms with van der Waals surface area (Å²) in [6, 6.07) is 5.16. The Balaban J connectivity index is 0.00000112. The van der Waals surface area contributed by atoms with Gasteiger partial charge in [-0.15, -0.1) is 12.4 Å². The van der Waals surface area contributed by atoms with Crippen molar-refractivity contribution in [1.82, 2.24) is 0 Å². The number of rotatable bonds is 0. The zero-order valence-corrected chi connectivity index (χ0v) is 11.0. The summed E-state index contributed by atoms with van der Waals surface area (Å²) in [6.45, 7) is 0. The molecule has 0 amide bonds. The molecular weight excluding hydrogens is 302 g/mol. The van der Waals surface area contributed by atoms with E-state index in [4.69, 9.17) is 5.73 Å².